The molecular formula is C17H23N5O. The van der Waals surface area contributed by atoms with Gasteiger partial charge in [-0.2, -0.15) is 4.98 Å². The molecular weight excluding hydrogens is 290 g/mol. The van der Waals surface area contributed by atoms with Crippen molar-refractivity contribution >= 4 is 17.5 Å². The Labute approximate surface area is 137 Å². The van der Waals surface area contributed by atoms with Crippen molar-refractivity contribution in [2.75, 3.05) is 50.1 Å². The first-order chi connectivity index (χ1) is 11.2. The van der Waals surface area contributed by atoms with Gasteiger partial charge in [0, 0.05) is 38.1 Å². The lowest BCUT2D eigenvalue weighted by molar-refractivity contribution is 0.311. The first-order valence-corrected chi connectivity index (χ1v) is 8.01. The molecule has 1 aromatic heterocycles. The minimum absolute atomic E-state index is 0.674. The highest BCUT2D eigenvalue weighted by Gasteiger charge is 2.16. The Bertz CT molecular complexity index is 623. The maximum atomic E-state index is 5.45. The van der Waals surface area contributed by atoms with Crippen molar-refractivity contribution in [1.82, 2.24) is 14.9 Å². The Hall–Kier alpha value is -2.34. The number of likely N-dealkylation sites (N-methyl/N-ethyl adjacent to an activating group) is 1. The van der Waals surface area contributed by atoms with E-state index in [9.17, 15) is 0 Å². The van der Waals surface area contributed by atoms with Crippen LogP contribution in [0.2, 0.25) is 0 Å². The molecule has 0 bridgehead atoms. The number of nitrogens with one attached hydrogen (secondary N) is 1. The zero-order valence-electron chi connectivity index (χ0n) is 13.7. The van der Waals surface area contributed by atoms with Gasteiger partial charge in [-0.1, -0.05) is 0 Å². The van der Waals surface area contributed by atoms with Crippen LogP contribution >= 0.6 is 0 Å². The molecule has 1 aliphatic rings. The number of piperazine rings is 1. The van der Waals surface area contributed by atoms with Gasteiger partial charge in [-0.25, -0.2) is 4.98 Å². The molecule has 6 heteroatoms. The van der Waals surface area contributed by atoms with E-state index in [-0.39, 0.29) is 0 Å². The molecule has 1 N–H and O–H groups in total. The van der Waals surface area contributed by atoms with Crippen LogP contribution in [0.1, 0.15) is 6.92 Å². The summed E-state index contributed by atoms with van der Waals surface area (Å²) in [5.41, 5.74) is 0.983. The molecule has 0 radical (unpaired) electrons. The topological polar surface area (TPSA) is 53.5 Å². The van der Waals surface area contributed by atoms with Gasteiger partial charge in [0.1, 0.15) is 11.6 Å². The van der Waals surface area contributed by atoms with Gasteiger partial charge in [0.25, 0.3) is 0 Å². The Balaban J connectivity index is 1.67. The number of hydrogen-bond acceptors (Lipinski definition) is 6. The Morgan fingerprint density at radius 3 is 2.52 bits per heavy atom. The monoisotopic (exact) mass is 313 g/mol. The zero-order chi connectivity index (χ0) is 16.1. The molecule has 23 heavy (non-hydrogen) atoms. The molecule has 3 rings (SSSR count). The number of aromatic nitrogens is 2. The van der Waals surface area contributed by atoms with Crippen LogP contribution in [0.4, 0.5) is 17.5 Å². The van der Waals surface area contributed by atoms with E-state index in [2.05, 4.69) is 32.1 Å². The third-order valence-electron chi connectivity index (χ3n) is 3.87. The number of hydrogen-bond donors (Lipinski definition) is 1. The molecule has 1 aromatic carbocycles. The van der Waals surface area contributed by atoms with Crippen LogP contribution in [-0.2, 0) is 0 Å². The van der Waals surface area contributed by atoms with Crippen molar-refractivity contribution in [2.45, 2.75) is 6.92 Å². The minimum Gasteiger partial charge on any atom is -0.494 e. The Kier molecular flexibility index (Phi) is 4.92. The fourth-order valence-corrected chi connectivity index (χ4v) is 2.53. The van der Waals surface area contributed by atoms with E-state index in [0.29, 0.717) is 6.61 Å². The van der Waals surface area contributed by atoms with E-state index >= 15 is 0 Å². The van der Waals surface area contributed by atoms with E-state index in [1.807, 2.05) is 37.3 Å². The molecule has 0 amide bonds. The number of ether oxygens (including phenoxy) is 1. The molecule has 1 saturated heterocycles. The van der Waals surface area contributed by atoms with Crippen LogP contribution in [0.15, 0.2) is 36.5 Å². The second kappa shape index (κ2) is 7.28. The van der Waals surface area contributed by atoms with Crippen LogP contribution in [0.5, 0.6) is 5.75 Å². The molecule has 1 fully saturated rings. The third kappa shape index (κ3) is 4.10. The fraction of sp³-hybridized carbons (Fsp3) is 0.412. The highest BCUT2D eigenvalue weighted by Crippen LogP contribution is 2.20. The summed E-state index contributed by atoms with van der Waals surface area (Å²) in [6.07, 6.45) is 1.80. The van der Waals surface area contributed by atoms with Crippen molar-refractivity contribution in [3.8, 4) is 5.75 Å². The van der Waals surface area contributed by atoms with E-state index in [0.717, 1.165) is 49.4 Å². The van der Waals surface area contributed by atoms with Gasteiger partial charge in [0.2, 0.25) is 5.95 Å². The van der Waals surface area contributed by atoms with Crippen LogP contribution in [-0.4, -0.2) is 54.7 Å². The molecule has 0 aliphatic carbocycles. The predicted octanol–water partition coefficient (Wildman–Crippen LogP) is 2.37. The van der Waals surface area contributed by atoms with Gasteiger partial charge in [-0.3, -0.25) is 0 Å². The average molecular weight is 313 g/mol. The number of nitrogens with zero attached hydrogens (tertiary/aromatic N) is 4. The van der Waals surface area contributed by atoms with E-state index in [4.69, 9.17) is 4.74 Å². The maximum absolute atomic E-state index is 5.45. The average Bonchev–Trinajstić information content (AvgIpc) is 2.58. The maximum Gasteiger partial charge on any atom is 0.227 e. The van der Waals surface area contributed by atoms with Crippen molar-refractivity contribution in [2.24, 2.45) is 0 Å². The molecule has 0 spiro atoms. The standard InChI is InChI=1S/C17H23N5O/c1-3-23-15-6-4-14(5-7-15)19-16-8-9-18-17(20-16)22-12-10-21(2)11-13-22/h4-9H,3,10-13H2,1-2H3,(H,18,19,20). The predicted molar refractivity (Wildman–Crippen MR) is 92.6 cm³/mol. The normalized spacial score (nSPS) is 15.5. The minimum atomic E-state index is 0.674. The fourth-order valence-electron chi connectivity index (χ4n) is 2.53. The molecule has 0 atom stereocenters. The summed E-state index contributed by atoms with van der Waals surface area (Å²) >= 11 is 0. The molecule has 0 saturated carbocycles. The van der Waals surface area contributed by atoms with Crippen molar-refractivity contribution in [1.29, 1.82) is 0 Å². The molecule has 6 nitrogen and oxygen atoms in total. The van der Waals surface area contributed by atoms with Gasteiger partial charge >= 0.3 is 0 Å². The van der Waals surface area contributed by atoms with Gasteiger partial charge in [-0.15, -0.1) is 0 Å². The third-order valence-corrected chi connectivity index (χ3v) is 3.87. The lowest BCUT2D eigenvalue weighted by atomic mass is 10.3. The van der Waals surface area contributed by atoms with Crippen LogP contribution in [0, 0.1) is 0 Å². The SMILES string of the molecule is CCOc1ccc(Nc2ccnc(N3CCN(C)CC3)n2)cc1. The summed E-state index contributed by atoms with van der Waals surface area (Å²) in [4.78, 5) is 13.6. The lowest BCUT2D eigenvalue weighted by Crippen LogP contribution is -2.45. The quantitative estimate of drug-likeness (QED) is 0.914. The van der Waals surface area contributed by atoms with Crippen LogP contribution in [0.25, 0.3) is 0 Å². The molecule has 2 heterocycles. The Morgan fingerprint density at radius 1 is 1.09 bits per heavy atom. The highest BCUT2D eigenvalue weighted by atomic mass is 16.5. The summed E-state index contributed by atoms with van der Waals surface area (Å²) in [6.45, 7) is 6.66. The molecule has 2 aromatic rings. The van der Waals surface area contributed by atoms with E-state index in [1.54, 1.807) is 6.20 Å². The summed E-state index contributed by atoms with van der Waals surface area (Å²) < 4.78 is 5.45. The van der Waals surface area contributed by atoms with Gasteiger partial charge in [0.15, 0.2) is 0 Å². The van der Waals surface area contributed by atoms with E-state index < -0.39 is 0 Å². The summed E-state index contributed by atoms with van der Waals surface area (Å²) in [6, 6.07) is 9.77. The summed E-state index contributed by atoms with van der Waals surface area (Å²) in [5, 5.41) is 3.32. The van der Waals surface area contributed by atoms with Crippen molar-refractivity contribution < 1.29 is 4.74 Å². The van der Waals surface area contributed by atoms with Crippen LogP contribution < -0.4 is 15.0 Å². The van der Waals surface area contributed by atoms with Crippen molar-refractivity contribution in [3.05, 3.63) is 36.5 Å². The first-order valence-electron chi connectivity index (χ1n) is 8.01. The Morgan fingerprint density at radius 2 is 1.83 bits per heavy atom. The molecule has 0 unspecified atom stereocenters. The van der Waals surface area contributed by atoms with Gasteiger partial charge < -0.3 is 19.9 Å². The summed E-state index contributed by atoms with van der Waals surface area (Å²) in [7, 11) is 2.14. The van der Waals surface area contributed by atoms with E-state index in [1.165, 1.54) is 0 Å². The largest absolute Gasteiger partial charge is 0.494 e. The van der Waals surface area contributed by atoms with Crippen molar-refractivity contribution in [3.63, 3.8) is 0 Å². The number of benzene rings is 1. The molecule has 122 valence electrons. The zero-order valence-corrected chi connectivity index (χ0v) is 13.7. The molecule has 1 aliphatic heterocycles. The highest BCUT2D eigenvalue weighted by molar-refractivity contribution is 5.58. The van der Waals surface area contributed by atoms with Crippen LogP contribution in [0.3, 0.4) is 0 Å². The number of rotatable bonds is 5. The smallest absolute Gasteiger partial charge is 0.227 e. The second-order valence-corrected chi connectivity index (χ2v) is 5.61. The van der Waals surface area contributed by atoms with Gasteiger partial charge in [-0.05, 0) is 44.3 Å². The number of anilines is 3. The lowest BCUT2D eigenvalue weighted by Gasteiger charge is -2.32. The summed E-state index contributed by atoms with van der Waals surface area (Å²) in [5.74, 6) is 2.46. The first kappa shape index (κ1) is 15.6. The second-order valence-electron chi connectivity index (χ2n) is 5.61. The van der Waals surface area contributed by atoms with Gasteiger partial charge in [0.05, 0.1) is 6.61 Å².